The third kappa shape index (κ3) is 4.41. The van der Waals surface area contributed by atoms with E-state index in [1.165, 1.54) is 22.5 Å². The Hall–Kier alpha value is -3.81. The Balaban J connectivity index is 1.37. The molecule has 162 valence electrons. The fraction of sp³-hybridized carbons (Fsp3) is 0.0400. The standard InChI is InChI=1S/C25H17ClN4O2S/c1-15-5-10-20-22(13-15)33-25(28-20)16-6-8-18(9-7-16)27-24(32)23-21(31)11-12-30(29-23)19-4-2-3-17(26)14-19/h2-14H,1H3,(H,27,32). The first-order chi connectivity index (χ1) is 16.0. The second-order valence-electron chi connectivity index (χ2n) is 7.47. The number of rotatable bonds is 4. The maximum absolute atomic E-state index is 12.8. The average Bonchev–Trinajstić information content (AvgIpc) is 3.23. The second kappa shape index (κ2) is 8.61. The zero-order valence-corrected chi connectivity index (χ0v) is 19.0. The van der Waals surface area contributed by atoms with Gasteiger partial charge in [-0.25, -0.2) is 9.67 Å². The molecule has 5 rings (SSSR count). The lowest BCUT2D eigenvalue weighted by Crippen LogP contribution is -2.25. The van der Waals surface area contributed by atoms with E-state index in [0.717, 1.165) is 20.8 Å². The molecule has 0 unspecified atom stereocenters. The molecule has 1 N–H and O–H groups in total. The number of nitrogens with one attached hydrogen (secondary N) is 1. The predicted octanol–water partition coefficient (Wildman–Crippen LogP) is 5.72. The summed E-state index contributed by atoms with van der Waals surface area (Å²) in [5, 5.41) is 8.38. The molecule has 0 saturated heterocycles. The van der Waals surface area contributed by atoms with Gasteiger partial charge >= 0.3 is 0 Å². The van der Waals surface area contributed by atoms with Crippen LogP contribution < -0.4 is 10.7 Å². The molecule has 0 aliphatic carbocycles. The molecule has 0 bridgehead atoms. The topological polar surface area (TPSA) is 76.9 Å². The van der Waals surface area contributed by atoms with Gasteiger partial charge in [0.15, 0.2) is 5.69 Å². The summed E-state index contributed by atoms with van der Waals surface area (Å²) in [6, 6.07) is 21.8. The highest BCUT2D eigenvalue weighted by molar-refractivity contribution is 7.21. The molecule has 2 aromatic heterocycles. The number of aromatic nitrogens is 3. The average molecular weight is 473 g/mol. The molecule has 2 heterocycles. The van der Waals surface area contributed by atoms with Crippen molar-refractivity contribution in [3.05, 3.63) is 105 Å². The lowest BCUT2D eigenvalue weighted by atomic mass is 10.2. The van der Waals surface area contributed by atoms with E-state index in [4.69, 9.17) is 11.6 Å². The Bertz CT molecular complexity index is 1560. The van der Waals surface area contributed by atoms with Crippen LogP contribution in [-0.4, -0.2) is 20.7 Å². The van der Waals surface area contributed by atoms with E-state index >= 15 is 0 Å². The number of benzene rings is 3. The third-order valence-corrected chi connectivity index (χ3v) is 6.33. The van der Waals surface area contributed by atoms with Gasteiger partial charge in [0.1, 0.15) is 5.01 Å². The van der Waals surface area contributed by atoms with Gasteiger partial charge in [-0.05, 0) is 67.1 Å². The van der Waals surface area contributed by atoms with Gasteiger partial charge in [-0.3, -0.25) is 9.59 Å². The summed E-state index contributed by atoms with van der Waals surface area (Å²) < 4.78 is 2.58. The van der Waals surface area contributed by atoms with Gasteiger partial charge in [-0.1, -0.05) is 23.7 Å². The van der Waals surface area contributed by atoms with Crippen molar-refractivity contribution in [2.45, 2.75) is 6.92 Å². The van der Waals surface area contributed by atoms with E-state index in [-0.39, 0.29) is 5.69 Å². The van der Waals surface area contributed by atoms with Crippen LogP contribution in [0, 0.1) is 6.92 Å². The molecule has 0 atom stereocenters. The summed E-state index contributed by atoms with van der Waals surface area (Å²) >= 11 is 7.66. The summed E-state index contributed by atoms with van der Waals surface area (Å²) in [5.74, 6) is -0.584. The van der Waals surface area contributed by atoms with Crippen molar-refractivity contribution in [2.24, 2.45) is 0 Å². The minimum Gasteiger partial charge on any atom is -0.320 e. The molecule has 0 aliphatic heterocycles. The zero-order chi connectivity index (χ0) is 22.9. The third-order valence-electron chi connectivity index (χ3n) is 5.03. The number of thiazole rings is 1. The highest BCUT2D eigenvalue weighted by Crippen LogP contribution is 2.31. The monoisotopic (exact) mass is 472 g/mol. The van der Waals surface area contributed by atoms with E-state index in [1.54, 1.807) is 47.7 Å². The van der Waals surface area contributed by atoms with Gasteiger partial charge in [-0.2, -0.15) is 5.10 Å². The molecule has 8 heteroatoms. The minimum atomic E-state index is -0.584. The van der Waals surface area contributed by atoms with Crippen LogP contribution in [0.4, 0.5) is 5.69 Å². The van der Waals surface area contributed by atoms with E-state index < -0.39 is 11.3 Å². The molecular weight excluding hydrogens is 456 g/mol. The highest BCUT2D eigenvalue weighted by Gasteiger charge is 2.14. The van der Waals surface area contributed by atoms with Gasteiger partial charge in [-0.15, -0.1) is 11.3 Å². The first-order valence-electron chi connectivity index (χ1n) is 10.1. The summed E-state index contributed by atoms with van der Waals surface area (Å²) in [6.45, 7) is 2.06. The number of hydrogen-bond acceptors (Lipinski definition) is 5. The van der Waals surface area contributed by atoms with Gasteiger partial charge in [0, 0.05) is 28.5 Å². The van der Waals surface area contributed by atoms with Crippen molar-refractivity contribution in [3.8, 4) is 16.3 Å². The fourth-order valence-electron chi connectivity index (χ4n) is 3.37. The first kappa shape index (κ1) is 21.1. The summed E-state index contributed by atoms with van der Waals surface area (Å²) in [5.41, 5.74) is 3.64. The number of hydrogen-bond donors (Lipinski definition) is 1. The maximum atomic E-state index is 12.8. The molecule has 1 amide bonds. The normalized spacial score (nSPS) is 11.0. The number of amides is 1. The molecule has 33 heavy (non-hydrogen) atoms. The van der Waals surface area contributed by atoms with Crippen molar-refractivity contribution in [2.75, 3.05) is 5.32 Å². The highest BCUT2D eigenvalue weighted by atomic mass is 35.5. The number of fused-ring (bicyclic) bond motifs is 1. The number of anilines is 1. The van der Waals surface area contributed by atoms with E-state index in [0.29, 0.717) is 16.4 Å². The Kier molecular flexibility index (Phi) is 5.50. The zero-order valence-electron chi connectivity index (χ0n) is 17.4. The van der Waals surface area contributed by atoms with E-state index in [1.807, 2.05) is 24.3 Å². The van der Waals surface area contributed by atoms with Gasteiger partial charge < -0.3 is 5.32 Å². The molecule has 3 aromatic carbocycles. The number of halogens is 1. The fourth-order valence-corrected chi connectivity index (χ4v) is 4.62. The molecule has 0 saturated carbocycles. The first-order valence-corrected chi connectivity index (χ1v) is 11.3. The Morgan fingerprint density at radius 1 is 1.03 bits per heavy atom. The quantitative estimate of drug-likeness (QED) is 0.362. The SMILES string of the molecule is Cc1ccc2nc(-c3ccc(NC(=O)c4nn(-c5cccc(Cl)c5)ccc4=O)cc3)sc2c1. The van der Waals surface area contributed by atoms with Crippen LogP contribution in [0.15, 0.2) is 83.8 Å². The van der Waals surface area contributed by atoms with Crippen LogP contribution in [0.3, 0.4) is 0 Å². The van der Waals surface area contributed by atoms with Crippen molar-refractivity contribution in [1.82, 2.24) is 14.8 Å². The summed E-state index contributed by atoms with van der Waals surface area (Å²) in [6.07, 6.45) is 1.50. The number of carbonyl (C=O) groups is 1. The number of aryl methyl sites for hydroxylation is 1. The van der Waals surface area contributed by atoms with Crippen LogP contribution in [-0.2, 0) is 0 Å². The molecule has 5 aromatic rings. The molecule has 0 fully saturated rings. The van der Waals surface area contributed by atoms with Gasteiger partial charge in [0.2, 0.25) is 5.43 Å². The van der Waals surface area contributed by atoms with Gasteiger partial charge in [0.25, 0.3) is 5.91 Å². The van der Waals surface area contributed by atoms with Crippen molar-refractivity contribution < 1.29 is 4.79 Å². The minimum absolute atomic E-state index is 0.205. The van der Waals surface area contributed by atoms with Crippen LogP contribution >= 0.6 is 22.9 Å². The lowest BCUT2D eigenvalue weighted by molar-refractivity contribution is 0.101. The van der Waals surface area contributed by atoms with E-state index in [9.17, 15) is 9.59 Å². The van der Waals surface area contributed by atoms with Crippen molar-refractivity contribution >= 4 is 44.7 Å². The maximum Gasteiger partial charge on any atom is 0.280 e. The van der Waals surface area contributed by atoms with Crippen LogP contribution in [0.5, 0.6) is 0 Å². The van der Waals surface area contributed by atoms with E-state index in [2.05, 4.69) is 28.4 Å². The number of carbonyl (C=O) groups excluding carboxylic acids is 1. The van der Waals surface area contributed by atoms with Crippen LogP contribution in [0.2, 0.25) is 5.02 Å². The largest absolute Gasteiger partial charge is 0.320 e. The smallest absolute Gasteiger partial charge is 0.280 e. The molecular formula is C25H17ClN4O2S. The van der Waals surface area contributed by atoms with Crippen LogP contribution in [0.25, 0.3) is 26.5 Å². The summed E-state index contributed by atoms with van der Waals surface area (Å²) in [7, 11) is 0. The van der Waals surface area contributed by atoms with Crippen LogP contribution in [0.1, 0.15) is 16.1 Å². The number of nitrogens with zero attached hydrogens (tertiary/aromatic N) is 3. The lowest BCUT2D eigenvalue weighted by Gasteiger charge is -2.09. The Morgan fingerprint density at radius 2 is 1.85 bits per heavy atom. The predicted molar refractivity (Wildman–Crippen MR) is 133 cm³/mol. The van der Waals surface area contributed by atoms with Crippen molar-refractivity contribution in [1.29, 1.82) is 0 Å². The Morgan fingerprint density at radius 3 is 2.64 bits per heavy atom. The van der Waals surface area contributed by atoms with Gasteiger partial charge in [0.05, 0.1) is 15.9 Å². The molecule has 0 aliphatic rings. The molecule has 0 radical (unpaired) electrons. The van der Waals surface area contributed by atoms with Crippen molar-refractivity contribution in [3.63, 3.8) is 0 Å². The second-order valence-corrected chi connectivity index (χ2v) is 8.94. The molecule has 0 spiro atoms. The summed E-state index contributed by atoms with van der Waals surface area (Å²) in [4.78, 5) is 29.7. The molecule has 6 nitrogen and oxygen atoms in total. The Labute approximate surface area is 198 Å².